The second-order valence-electron chi connectivity index (χ2n) is 6.26. The number of imidazole rings is 1. The molecule has 5 heteroatoms. The highest BCUT2D eigenvalue weighted by Crippen LogP contribution is 2.32. The molecule has 4 rings (SSSR count). The molecule has 0 amide bonds. The molecule has 0 saturated carbocycles. The number of hydrogen-bond acceptors (Lipinski definition) is 3. The lowest BCUT2D eigenvalue weighted by atomic mass is 10.1. The molecule has 2 aromatic carbocycles. The van der Waals surface area contributed by atoms with Gasteiger partial charge in [0.1, 0.15) is 17.4 Å². The molecule has 1 aliphatic heterocycles. The Morgan fingerprint density at radius 2 is 1.84 bits per heavy atom. The van der Waals surface area contributed by atoms with Gasteiger partial charge >= 0.3 is 0 Å². The standard InChI is InChI=1S/C20H20N4O/c1-3-13-8-10-14(11-9-13)24-12-17(25)18(19(24)21)20-22-15-6-4-5-7-16(15)23(20)2/h4-11,21,25H,3,12H2,1-2H3. The van der Waals surface area contributed by atoms with Crippen LogP contribution in [0.5, 0.6) is 0 Å². The predicted molar refractivity (Wildman–Crippen MR) is 101 cm³/mol. The van der Waals surface area contributed by atoms with E-state index >= 15 is 0 Å². The average molecular weight is 332 g/mol. The Kier molecular flexibility index (Phi) is 3.57. The van der Waals surface area contributed by atoms with E-state index in [1.165, 1.54) is 5.56 Å². The molecular formula is C20H20N4O. The molecule has 0 unspecified atom stereocenters. The zero-order valence-electron chi connectivity index (χ0n) is 14.3. The number of aryl methyl sites for hydroxylation is 2. The highest BCUT2D eigenvalue weighted by molar-refractivity contribution is 6.30. The lowest BCUT2D eigenvalue weighted by Gasteiger charge is -2.19. The molecule has 0 bridgehead atoms. The van der Waals surface area contributed by atoms with E-state index in [9.17, 15) is 5.11 Å². The summed E-state index contributed by atoms with van der Waals surface area (Å²) >= 11 is 0. The number of aliphatic hydroxyl groups excluding tert-OH is 1. The number of amidine groups is 1. The third kappa shape index (κ3) is 2.39. The van der Waals surface area contributed by atoms with Crippen molar-refractivity contribution in [2.24, 2.45) is 7.05 Å². The molecule has 0 spiro atoms. The summed E-state index contributed by atoms with van der Waals surface area (Å²) in [6, 6.07) is 16.0. The van der Waals surface area contributed by atoms with Crippen molar-refractivity contribution in [1.82, 2.24) is 9.55 Å². The van der Waals surface area contributed by atoms with Crippen LogP contribution in [-0.2, 0) is 13.5 Å². The van der Waals surface area contributed by atoms with Crippen molar-refractivity contribution >= 4 is 28.1 Å². The van der Waals surface area contributed by atoms with Crippen LogP contribution in [0, 0.1) is 5.41 Å². The number of para-hydroxylation sites is 2. The first-order valence-electron chi connectivity index (χ1n) is 8.39. The van der Waals surface area contributed by atoms with Crippen molar-refractivity contribution in [2.75, 3.05) is 11.4 Å². The van der Waals surface area contributed by atoms with Gasteiger partial charge in [0.15, 0.2) is 0 Å². The van der Waals surface area contributed by atoms with Crippen LogP contribution in [0.4, 0.5) is 5.69 Å². The Labute approximate surface area is 146 Å². The van der Waals surface area contributed by atoms with E-state index < -0.39 is 0 Å². The van der Waals surface area contributed by atoms with Gasteiger partial charge < -0.3 is 14.6 Å². The monoisotopic (exact) mass is 332 g/mol. The number of nitrogens with zero attached hydrogens (tertiary/aromatic N) is 3. The highest BCUT2D eigenvalue weighted by atomic mass is 16.3. The summed E-state index contributed by atoms with van der Waals surface area (Å²) in [4.78, 5) is 6.44. The molecular weight excluding hydrogens is 312 g/mol. The molecule has 0 aliphatic carbocycles. The largest absolute Gasteiger partial charge is 0.509 e. The van der Waals surface area contributed by atoms with Gasteiger partial charge in [-0.05, 0) is 36.2 Å². The summed E-state index contributed by atoms with van der Waals surface area (Å²) in [7, 11) is 1.91. The van der Waals surface area contributed by atoms with Crippen LogP contribution < -0.4 is 4.90 Å². The van der Waals surface area contributed by atoms with Gasteiger partial charge in [0, 0.05) is 12.7 Å². The summed E-state index contributed by atoms with van der Waals surface area (Å²) in [5, 5.41) is 19.1. The molecule has 0 saturated heterocycles. The number of rotatable bonds is 3. The Hall–Kier alpha value is -3.08. The molecule has 126 valence electrons. The van der Waals surface area contributed by atoms with Crippen LogP contribution in [0.3, 0.4) is 0 Å². The van der Waals surface area contributed by atoms with Gasteiger partial charge in [-0.1, -0.05) is 31.2 Å². The SMILES string of the molecule is CCc1ccc(N2CC(O)=C(c3nc4ccccc4n3C)C2=N)cc1. The van der Waals surface area contributed by atoms with Crippen LogP contribution in [0.1, 0.15) is 18.3 Å². The quantitative estimate of drug-likeness (QED) is 0.764. The molecule has 0 radical (unpaired) electrons. The number of benzene rings is 2. The number of anilines is 1. The van der Waals surface area contributed by atoms with Crippen molar-refractivity contribution in [3.8, 4) is 0 Å². The fourth-order valence-corrected chi connectivity index (χ4v) is 3.32. The first-order valence-corrected chi connectivity index (χ1v) is 8.39. The van der Waals surface area contributed by atoms with Crippen LogP contribution in [-0.4, -0.2) is 27.0 Å². The molecule has 2 heterocycles. The number of aliphatic hydroxyl groups is 1. The van der Waals surface area contributed by atoms with Crippen molar-refractivity contribution in [2.45, 2.75) is 13.3 Å². The molecule has 5 nitrogen and oxygen atoms in total. The second-order valence-corrected chi connectivity index (χ2v) is 6.26. The van der Waals surface area contributed by atoms with Gasteiger partial charge in [0.25, 0.3) is 0 Å². The smallest absolute Gasteiger partial charge is 0.148 e. The molecule has 0 atom stereocenters. The lowest BCUT2D eigenvalue weighted by molar-refractivity contribution is 0.411. The summed E-state index contributed by atoms with van der Waals surface area (Å²) in [5.74, 6) is 1.08. The Balaban J connectivity index is 1.73. The average Bonchev–Trinajstić information content (AvgIpc) is 3.12. The molecule has 25 heavy (non-hydrogen) atoms. The van der Waals surface area contributed by atoms with Crippen LogP contribution in [0.25, 0.3) is 16.6 Å². The van der Waals surface area contributed by atoms with Gasteiger partial charge in [-0.25, -0.2) is 4.98 Å². The first-order chi connectivity index (χ1) is 12.1. The third-order valence-corrected chi connectivity index (χ3v) is 4.77. The van der Waals surface area contributed by atoms with Gasteiger partial charge in [-0.3, -0.25) is 5.41 Å². The topological polar surface area (TPSA) is 65.1 Å². The molecule has 1 aliphatic rings. The highest BCUT2D eigenvalue weighted by Gasteiger charge is 2.32. The number of fused-ring (bicyclic) bond motifs is 1. The number of nitrogens with one attached hydrogen (secondary N) is 1. The number of hydrogen-bond donors (Lipinski definition) is 2. The maximum atomic E-state index is 10.5. The summed E-state index contributed by atoms with van der Waals surface area (Å²) in [6.07, 6.45) is 0.979. The van der Waals surface area contributed by atoms with Crippen LogP contribution in [0.15, 0.2) is 54.3 Å². The Morgan fingerprint density at radius 3 is 2.52 bits per heavy atom. The fourth-order valence-electron chi connectivity index (χ4n) is 3.32. The predicted octanol–water partition coefficient (Wildman–Crippen LogP) is 3.90. The minimum absolute atomic E-state index is 0.183. The summed E-state index contributed by atoms with van der Waals surface area (Å²) < 4.78 is 1.93. The van der Waals surface area contributed by atoms with Crippen molar-refractivity contribution in [1.29, 1.82) is 5.41 Å². The zero-order chi connectivity index (χ0) is 17.6. The van der Waals surface area contributed by atoms with Gasteiger partial charge in [0.05, 0.1) is 23.2 Å². The van der Waals surface area contributed by atoms with Gasteiger partial charge in [-0.15, -0.1) is 0 Å². The first kappa shape index (κ1) is 15.4. The minimum atomic E-state index is 0.183. The van der Waals surface area contributed by atoms with E-state index in [1.54, 1.807) is 0 Å². The van der Waals surface area contributed by atoms with E-state index in [0.29, 0.717) is 17.9 Å². The third-order valence-electron chi connectivity index (χ3n) is 4.77. The molecule has 0 fully saturated rings. The maximum Gasteiger partial charge on any atom is 0.148 e. The van der Waals surface area contributed by atoms with Crippen LogP contribution >= 0.6 is 0 Å². The molecule has 3 aromatic rings. The normalized spacial score (nSPS) is 14.8. The fraction of sp³-hybridized carbons (Fsp3) is 0.200. The van der Waals surface area contributed by atoms with Crippen molar-refractivity contribution in [3.05, 3.63) is 65.7 Å². The van der Waals surface area contributed by atoms with Crippen molar-refractivity contribution < 1.29 is 5.11 Å². The summed E-state index contributed by atoms with van der Waals surface area (Å²) in [6.45, 7) is 2.41. The summed E-state index contributed by atoms with van der Waals surface area (Å²) in [5.41, 5.74) is 4.50. The van der Waals surface area contributed by atoms with E-state index in [-0.39, 0.29) is 11.6 Å². The second kappa shape index (κ2) is 5.77. The van der Waals surface area contributed by atoms with E-state index in [0.717, 1.165) is 23.1 Å². The van der Waals surface area contributed by atoms with E-state index in [1.807, 2.05) is 52.9 Å². The van der Waals surface area contributed by atoms with E-state index in [2.05, 4.69) is 24.0 Å². The maximum absolute atomic E-state index is 10.5. The lowest BCUT2D eigenvalue weighted by Crippen LogP contribution is -2.26. The number of aromatic nitrogens is 2. The molecule has 2 N–H and O–H groups in total. The van der Waals surface area contributed by atoms with Gasteiger partial charge in [0.2, 0.25) is 0 Å². The zero-order valence-corrected chi connectivity index (χ0v) is 14.3. The van der Waals surface area contributed by atoms with Crippen LogP contribution in [0.2, 0.25) is 0 Å². The Morgan fingerprint density at radius 1 is 1.12 bits per heavy atom. The minimum Gasteiger partial charge on any atom is -0.509 e. The molecule has 1 aromatic heterocycles. The Bertz CT molecular complexity index is 998. The van der Waals surface area contributed by atoms with E-state index in [4.69, 9.17) is 5.41 Å². The van der Waals surface area contributed by atoms with Gasteiger partial charge in [-0.2, -0.15) is 0 Å². The van der Waals surface area contributed by atoms with Crippen molar-refractivity contribution in [3.63, 3.8) is 0 Å².